The van der Waals surface area contributed by atoms with Gasteiger partial charge in [-0.2, -0.15) is 13.2 Å². The summed E-state index contributed by atoms with van der Waals surface area (Å²) in [4.78, 5) is -0.0592. The van der Waals surface area contributed by atoms with Gasteiger partial charge in [-0.05, 0) is 42.0 Å². The van der Waals surface area contributed by atoms with Gasteiger partial charge in [-0.1, -0.05) is 12.1 Å². The van der Waals surface area contributed by atoms with Crippen molar-refractivity contribution >= 4 is 19.7 Å². The minimum absolute atomic E-state index is 0.0592. The van der Waals surface area contributed by atoms with Crippen LogP contribution in [0.4, 0.5) is 13.2 Å². The van der Waals surface area contributed by atoms with Gasteiger partial charge < -0.3 is 4.74 Å². The summed E-state index contributed by atoms with van der Waals surface area (Å²) in [5.41, 5.74) is -0.171. The SMILES string of the molecule is O=S(=O)(Cl)c1ccc(OCc2ccc(C(F)(F)F)cc2)cc1. The highest BCUT2D eigenvalue weighted by atomic mass is 35.7. The normalized spacial score (nSPS) is 12.2. The molecule has 0 bridgehead atoms. The lowest BCUT2D eigenvalue weighted by molar-refractivity contribution is -0.137. The van der Waals surface area contributed by atoms with Crippen LogP contribution in [0.5, 0.6) is 5.75 Å². The van der Waals surface area contributed by atoms with Crippen molar-refractivity contribution in [3.63, 3.8) is 0 Å². The molecule has 2 aromatic carbocycles. The molecule has 0 saturated carbocycles. The summed E-state index contributed by atoms with van der Waals surface area (Å²) < 4.78 is 64.7. The number of alkyl halides is 3. The predicted octanol–water partition coefficient (Wildman–Crippen LogP) is 4.21. The lowest BCUT2D eigenvalue weighted by Gasteiger charge is -2.09. The van der Waals surface area contributed by atoms with Crippen LogP contribution in [0.2, 0.25) is 0 Å². The summed E-state index contributed by atoms with van der Waals surface area (Å²) >= 11 is 0. The van der Waals surface area contributed by atoms with E-state index in [1.165, 1.54) is 36.4 Å². The standard InChI is InChI=1S/C14H10ClF3O3S/c15-22(19,20)13-7-5-12(6-8-13)21-9-10-1-3-11(4-2-10)14(16,17)18/h1-8H,9H2. The van der Waals surface area contributed by atoms with E-state index in [-0.39, 0.29) is 11.5 Å². The minimum Gasteiger partial charge on any atom is -0.489 e. The second-order valence-corrected chi connectivity index (χ2v) is 6.96. The van der Waals surface area contributed by atoms with Gasteiger partial charge in [0.25, 0.3) is 9.05 Å². The quantitative estimate of drug-likeness (QED) is 0.776. The van der Waals surface area contributed by atoms with E-state index in [0.29, 0.717) is 11.3 Å². The molecule has 0 N–H and O–H groups in total. The molecule has 0 aliphatic carbocycles. The molecule has 0 unspecified atom stereocenters. The summed E-state index contributed by atoms with van der Waals surface area (Å²) in [5, 5.41) is 0. The molecule has 0 aliphatic heterocycles. The number of halogens is 4. The fraction of sp³-hybridized carbons (Fsp3) is 0.143. The van der Waals surface area contributed by atoms with Gasteiger partial charge in [-0.15, -0.1) is 0 Å². The lowest BCUT2D eigenvalue weighted by atomic mass is 10.1. The monoisotopic (exact) mass is 350 g/mol. The van der Waals surface area contributed by atoms with E-state index in [0.717, 1.165) is 12.1 Å². The van der Waals surface area contributed by atoms with Crippen LogP contribution in [0.3, 0.4) is 0 Å². The Morgan fingerprint density at radius 3 is 1.95 bits per heavy atom. The Bertz CT molecular complexity index is 738. The first-order chi connectivity index (χ1) is 10.2. The van der Waals surface area contributed by atoms with E-state index in [4.69, 9.17) is 15.4 Å². The molecule has 0 fully saturated rings. The zero-order valence-corrected chi connectivity index (χ0v) is 12.5. The first-order valence-electron chi connectivity index (χ1n) is 6.00. The average Bonchev–Trinajstić information content (AvgIpc) is 2.44. The Hall–Kier alpha value is -1.73. The molecule has 0 atom stereocenters. The molecule has 3 nitrogen and oxygen atoms in total. The molecule has 0 radical (unpaired) electrons. The van der Waals surface area contributed by atoms with Crippen molar-refractivity contribution in [2.24, 2.45) is 0 Å². The van der Waals surface area contributed by atoms with Gasteiger partial charge in [-0.25, -0.2) is 8.42 Å². The van der Waals surface area contributed by atoms with Gasteiger partial charge >= 0.3 is 6.18 Å². The molecule has 0 aliphatic rings. The molecule has 0 spiro atoms. The molecule has 0 aromatic heterocycles. The zero-order chi connectivity index (χ0) is 16.4. The summed E-state index contributed by atoms with van der Waals surface area (Å²) in [6, 6.07) is 9.98. The van der Waals surface area contributed by atoms with Crippen LogP contribution in [-0.4, -0.2) is 8.42 Å². The summed E-state index contributed by atoms with van der Waals surface area (Å²) in [6.45, 7) is 0.0606. The highest BCUT2D eigenvalue weighted by molar-refractivity contribution is 8.13. The van der Waals surface area contributed by atoms with Crippen molar-refractivity contribution in [3.05, 3.63) is 59.7 Å². The Kier molecular flexibility index (Phi) is 4.67. The van der Waals surface area contributed by atoms with Gasteiger partial charge in [0, 0.05) is 10.7 Å². The fourth-order valence-corrected chi connectivity index (χ4v) is 2.42. The number of benzene rings is 2. The first kappa shape index (κ1) is 16.6. The van der Waals surface area contributed by atoms with Crippen molar-refractivity contribution in [2.45, 2.75) is 17.7 Å². The topological polar surface area (TPSA) is 43.4 Å². The van der Waals surface area contributed by atoms with Gasteiger partial charge in [0.2, 0.25) is 0 Å². The lowest BCUT2D eigenvalue weighted by Crippen LogP contribution is -2.05. The maximum Gasteiger partial charge on any atom is 0.416 e. The largest absolute Gasteiger partial charge is 0.489 e. The smallest absolute Gasteiger partial charge is 0.416 e. The van der Waals surface area contributed by atoms with Crippen LogP contribution in [-0.2, 0) is 21.8 Å². The van der Waals surface area contributed by atoms with Crippen LogP contribution < -0.4 is 4.74 Å². The summed E-state index contributed by atoms with van der Waals surface area (Å²) in [7, 11) is 1.38. The third kappa shape index (κ3) is 4.38. The van der Waals surface area contributed by atoms with Gasteiger partial charge in [-0.3, -0.25) is 0 Å². The summed E-state index contributed by atoms with van der Waals surface area (Å²) in [5.74, 6) is 0.379. The Balaban J connectivity index is 2.01. The van der Waals surface area contributed by atoms with E-state index < -0.39 is 20.8 Å². The molecule has 2 rings (SSSR count). The van der Waals surface area contributed by atoms with Crippen molar-refractivity contribution in [2.75, 3.05) is 0 Å². The van der Waals surface area contributed by atoms with Gasteiger partial charge in [0.15, 0.2) is 0 Å². The van der Waals surface area contributed by atoms with E-state index in [9.17, 15) is 21.6 Å². The highest BCUT2D eigenvalue weighted by Crippen LogP contribution is 2.29. The number of hydrogen-bond donors (Lipinski definition) is 0. The molecule has 8 heteroatoms. The molecule has 0 saturated heterocycles. The second kappa shape index (κ2) is 6.18. The first-order valence-corrected chi connectivity index (χ1v) is 8.31. The van der Waals surface area contributed by atoms with Crippen molar-refractivity contribution in [1.29, 1.82) is 0 Å². The molecule has 118 valence electrons. The van der Waals surface area contributed by atoms with E-state index in [1.54, 1.807) is 0 Å². The highest BCUT2D eigenvalue weighted by Gasteiger charge is 2.29. The maximum absolute atomic E-state index is 12.4. The molecular weight excluding hydrogens is 341 g/mol. The average molecular weight is 351 g/mol. The van der Waals surface area contributed by atoms with E-state index >= 15 is 0 Å². The van der Waals surface area contributed by atoms with Crippen LogP contribution in [0.1, 0.15) is 11.1 Å². The summed E-state index contributed by atoms with van der Waals surface area (Å²) in [6.07, 6.45) is -4.37. The minimum atomic E-state index is -4.37. The zero-order valence-electron chi connectivity index (χ0n) is 11.0. The number of rotatable bonds is 4. The van der Waals surface area contributed by atoms with Crippen LogP contribution in [0.15, 0.2) is 53.4 Å². The Morgan fingerprint density at radius 2 is 1.50 bits per heavy atom. The van der Waals surface area contributed by atoms with Crippen molar-refractivity contribution in [3.8, 4) is 5.75 Å². The predicted molar refractivity (Wildman–Crippen MR) is 75.3 cm³/mol. The van der Waals surface area contributed by atoms with Gasteiger partial charge in [0.1, 0.15) is 12.4 Å². The number of ether oxygens (including phenoxy) is 1. The Morgan fingerprint density at radius 1 is 0.955 bits per heavy atom. The molecule has 0 amide bonds. The fourth-order valence-electron chi connectivity index (χ4n) is 1.66. The van der Waals surface area contributed by atoms with Gasteiger partial charge in [0.05, 0.1) is 10.5 Å². The third-order valence-corrected chi connectivity index (χ3v) is 4.16. The molecule has 0 heterocycles. The second-order valence-electron chi connectivity index (χ2n) is 4.39. The van der Waals surface area contributed by atoms with Crippen LogP contribution >= 0.6 is 10.7 Å². The molecule has 2 aromatic rings. The number of hydrogen-bond acceptors (Lipinski definition) is 3. The van der Waals surface area contributed by atoms with Crippen LogP contribution in [0.25, 0.3) is 0 Å². The van der Waals surface area contributed by atoms with Crippen molar-refractivity contribution < 1.29 is 26.3 Å². The third-order valence-electron chi connectivity index (χ3n) is 2.79. The maximum atomic E-state index is 12.4. The molecule has 22 heavy (non-hydrogen) atoms. The van der Waals surface area contributed by atoms with E-state index in [1.807, 2.05) is 0 Å². The Labute approximate surface area is 129 Å². The van der Waals surface area contributed by atoms with E-state index in [2.05, 4.69) is 0 Å². The van der Waals surface area contributed by atoms with Crippen molar-refractivity contribution in [1.82, 2.24) is 0 Å². The van der Waals surface area contributed by atoms with Crippen LogP contribution in [0, 0.1) is 0 Å². The molecular formula is C14H10ClF3O3S.